The Kier molecular flexibility index (Phi) is 6.07. The van der Waals surface area contributed by atoms with E-state index in [4.69, 9.17) is 14.4 Å². The molecule has 286 valence electrons. The number of nitrogens with zero attached hydrogens (tertiary/aromatic N) is 5. The molecule has 6 aromatic heterocycles. The number of furan rings is 1. The molecular formula is C56H31N5O. The van der Waals surface area contributed by atoms with Crippen molar-refractivity contribution in [1.82, 2.24) is 23.5 Å². The number of benzene rings is 9. The molecule has 0 atom stereocenters. The van der Waals surface area contributed by atoms with Gasteiger partial charge in [-0.15, -0.1) is 0 Å². The minimum absolute atomic E-state index is 0.565. The van der Waals surface area contributed by atoms with E-state index in [0.717, 1.165) is 60.8 Å². The molecule has 9 aromatic carbocycles. The van der Waals surface area contributed by atoms with E-state index >= 15 is 0 Å². The van der Waals surface area contributed by atoms with Crippen LogP contribution in [0.5, 0.6) is 0 Å². The average Bonchev–Trinajstić information content (AvgIpc) is 4.05. The zero-order chi connectivity index (χ0) is 40.2. The first kappa shape index (κ1) is 32.4. The summed E-state index contributed by atoms with van der Waals surface area (Å²) < 4.78 is 13.8. The second-order valence-corrected chi connectivity index (χ2v) is 16.5. The average molecular weight is 790 g/mol. The van der Waals surface area contributed by atoms with Gasteiger partial charge in [0.25, 0.3) is 0 Å². The van der Waals surface area contributed by atoms with Gasteiger partial charge in [-0.2, -0.15) is 4.98 Å². The summed E-state index contributed by atoms with van der Waals surface area (Å²) in [5.74, 6) is 0.571. The summed E-state index contributed by atoms with van der Waals surface area (Å²) >= 11 is 0. The molecule has 0 saturated carbocycles. The van der Waals surface area contributed by atoms with E-state index in [0.29, 0.717) is 11.7 Å². The summed E-state index contributed by atoms with van der Waals surface area (Å²) in [4.78, 5) is 10.9. The fourth-order valence-corrected chi connectivity index (χ4v) is 10.8. The highest BCUT2D eigenvalue weighted by Crippen LogP contribution is 2.49. The molecule has 0 saturated heterocycles. The third-order valence-electron chi connectivity index (χ3n) is 13.4. The third-order valence-corrected chi connectivity index (χ3v) is 13.4. The maximum Gasteiger partial charge on any atom is 0.238 e. The first-order chi connectivity index (χ1) is 30.8. The fraction of sp³-hybridized carbons (Fsp3) is 0. The first-order valence-electron chi connectivity index (χ1n) is 21.1. The van der Waals surface area contributed by atoms with Crippen LogP contribution >= 0.6 is 0 Å². The topological polar surface area (TPSA) is 53.2 Å². The lowest BCUT2D eigenvalue weighted by Gasteiger charge is -2.11. The van der Waals surface area contributed by atoms with Gasteiger partial charge in [0, 0.05) is 49.0 Å². The summed E-state index contributed by atoms with van der Waals surface area (Å²) in [6.45, 7) is 0. The molecule has 0 aliphatic rings. The van der Waals surface area contributed by atoms with Crippen LogP contribution in [0.1, 0.15) is 0 Å². The number of aromatic nitrogens is 5. The molecule has 0 amide bonds. The number of para-hydroxylation sites is 2. The predicted octanol–water partition coefficient (Wildman–Crippen LogP) is 14.5. The van der Waals surface area contributed by atoms with Gasteiger partial charge in [-0.3, -0.25) is 4.57 Å². The Bertz CT molecular complexity index is 4320. The number of hydrogen-bond donors (Lipinski definition) is 0. The molecule has 0 radical (unpaired) electrons. The summed E-state index contributed by atoms with van der Waals surface area (Å²) in [7, 11) is 0. The van der Waals surface area contributed by atoms with E-state index in [2.05, 4.69) is 189 Å². The summed E-state index contributed by atoms with van der Waals surface area (Å²) in [6, 6.07) is 67.6. The van der Waals surface area contributed by atoms with Crippen LogP contribution < -0.4 is 0 Å². The van der Waals surface area contributed by atoms with Crippen molar-refractivity contribution in [3.05, 3.63) is 188 Å². The zero-order valence-corrected chi connectivity index (χ0v) is 33.0. The molecule has 6 nitrogen and oxygen atoms in total. The molecule has 6 heteroatoms. The first-order valence-corrected chi connectivity index (χ1v) is 21.1. The Morgan fingerprint density at radius 1 is 0.371 bits per heavy atom. The number of rotatable bonds is 4. The molecule has 15 aromatic rings. The van der Waals surface area contributed by atoms with Crippen LogP contribution in [0.2, 0.25) is 0 Å². The van der Waals surface area contributed by atoms with Crippen molar-refractivity contribution in [3.63, 3.8) is 0 Å². The Labute approximate surface area is 352 Å². The highest BCUT2D eigenvalue weighted by molar-refractivity contribution is 6.38. The van der Waals surface area contributed by atoms with Crippen LogP contribution in [0, 0.1) is 0 Å². The van der Waals surface area contributed by atoms with Gasteiger partial charge in [-0.1, -0.05) is 127 Å². The number of fused-ring (bicyclic) bond motifs is 8. The minimum Gasteiger partial charge on any atom is -0.437 e. The van der Waals surface area contributed by atoms with Crippen molar-refractivity contribution in [1.29, 1.82) is 0 Å². The molecule has 0 fully saturated rings. The van der Waals surface area contributed by atoms with E-state index in [1.165, 1.54) is 65.4 Å². The van der Waals surface area contributed by atoms with Crippen LogP contribution in [0.4, 0.5) is 0 Å². The molecule has 0 spiro atoms. The third kappa shape index (κ3) is 4.08. The molecular weight excluding hydrogens is 759 g/mol. The van der Waals surface area contributed by atoms with Crippen molar-refractivity contribution in [2.75, 3.05) is 0 Å². The quantitative estimate of drug-likeness (QED) is 0.178. The second-order valence-electron chi connectivity index (χ2n) is 16.5. The van der Waals surface area contributed by atoms with Crippen molar-refractivity contribution in [3.8, 4) is 34.0 Å². The molecule has 0 aliphatic heterocycles. The summed E-state index contributed by atoms with van der Waals surface area (Å²) in [5, 5.41) is 11.5. The van der Waals surface area contributed by atoms with E-state index in [9.17, 15) is 0 Å². The smallest absolute Gasteiger partial charge is 0.238 e. The molecule has 15 rings (SSSR count). The van der Waals surface area contributed by atoms with Crippen molar-refractivity contribution in [2.24, 2.45) is 0 Å². The highest BCUT2D eigenvalue weighted by atomic mass is 16.3. The van der Waals surface area contributed by atoms with Gasteiger partial charge in [0.05, 0.1) is 49.7 Å². The van der Waals surface area contributed by atoms with E-state index in [-0.39, 0.29) is 0 Å². The molecule has 0 N–H and O–H groups in total. The minimum atomic E-state index is 0.565. The van der Waals surface area contributed by atoms with Gasteiger partial charge >= 0.3 is 0 Å². The normalized spacial score (nSPS) is 12.5. The van der Waals surface area contributed by atoms with Crippen molar-refractivity contribution in [2.45, 2.75) is 0 Å². The van der Waals surface area contributed by atoms with Gasteiger partial charge in [-0.25, -0.2) is 4.98 Å². The van der Waals surface area contributed by atoms with Gasteiger partial charge < -0.3 is 13.4 Å². The highest BCUT2D eigenvalue weighted by Gasteiger charge is 2.29. The van der Waals surface area contributed by atoms with Gasteiger partial charge in [0.15, 0.2) is 0 Å². The van der Waals surface area contributed by atoms with Crippen LogP contribution in [0.3, 0.4) is 0 Å². The lowest BCUT2D eigenvalue weighted by atomic mass is 10.0. The van der Waals surface area contributed by atoms with Gasteiger partial charge in [-0.05, 0) is 82.6 Å². The monoisotopic (exact) mass is 789 g/mol. The second kappa shape index (κ2) is 11.6. The van der Waals surface area contributed by atoms with Crippen LogP contribution in [-0.4, -0.2) is 23.5 Å². The molecule has 0 bridgehead atoms. The maximum atomic E-state index is 6.63. The Hall–Kier alpha value is -8.48. The lowest BCUT2D eigenvalue weighted by molar-refractivity contribution is 0.651. The number of hydrogen-bond acceptors (Lipinski definition) is 3. The van der Waals surface area contributed by atoms with Crippen LogP contribution in [-0.2, 0) is 0 Å². The Balaban J connectivity index is 1.10. The fourth-order valence-electron chi connectivity index (χ4n) is 10.8. The summed E-state index contributed by atoms with van der Waals surface area (Å²) in [6.07, 6.45) is 0. The molecule has 6 heterocycles. The predicted molar refractivity (Wildman–Crippen MR) is 255 cm³/mol. The molecule has 0 aliphatic carbocycles. The summed E-state index contributed by atoms with van der Waals surface area (Å²) in [5.41, 5.74) is 14.7. The van der Waals surface area contributed by atoms with E-state index in [1.54, 1.807) is 0 Å². The van der Waals surface area contributed by atoms with Crippen molar-refractivity contribution >= 4 is 104 Å². The SMILES string of the molecule is c1ccc(-c2ccc(-n3c4ccc5c6c4c4c3cccc4n3c4ccccc4c4ccc(c6c43)n5-c3nc(-c4ccc5ccccc5c4)c4c(n3)oc3ccccc34)cc2)cc1. The van der Waals surface area contributed by atoms with E-state index in [1.807, 2.05) is 12.1 Å². The largest absolute Gasteiger partial charge is 0.437 e. The standard InChI is InChI=1S/C56H31N5O/c1-2-11-32(12-3-1)34-23-25-37(26-24-34)59-42-18-10-19-43-49(42)50-44(59)29-30-45-51(50)52-46(28-27-39-38-15-6-8-17-41(38)60(43)54(39)52)61(45)56-57-53(36-22-21-33-13-4-5-14-35(33)31-36)48-40-16-7-9-20-47(40)62-55(48)58-56/h1-31H. The van der Waals surface area contributed by atoms with Gasteiger partial charge in [0.2, 0.25) is 11.7 Å². The molecule has 62 heavy (non-hydrogen) atoms. The van der Waals surface area contributed by atoms with Gasteiger partial charge in [0.1, 0.15) is 5.58 Å². The maximum absolute atomic E-state index is 6.63. The Morgan fingerprint density at radius 2 is 1.02 bits per heavy atom. The van der Waals surface area contributed by atoms with Crippen molar-refractivity contribution < 1.29 is 4.42 Å². The molecule has 0 unspecified atom stereocenters. The van der Waals surface area contributed by atoms with Crippen LogP contribution in [0.15, 0.2) is 192 Å². The van der Waals surface area contributed by atoms with Crippen LogP contribution in [0.25, 0.3) is 138 Å². The zero-order valence-electron chi connectivity index (χ0n) is 33.0. The Morgan fingerprint density at radius 3 is 1.90 bits per heavy atom. The lowest BCUT2D eigenvalue weighted by Crippen LogP contribution is -2.03. The van der Waals surface area contributed by atoms with E-state index < -0.39 is 0 Å².